The molecule has 2 unspecified atom stereocenters. The van der Waals surface area contributed by atoms with E-state index in [1.165, 1.54) is 6.42 Å². The summed E-state index contributed by atoms with van der Waals surface area (Å²) in [4.78, 5) is 15.4. The summed E-state index contributed by atoms with van der Waals surface area (Å²) < 4.78 is 0. The number of nitrogens with one attached hydrogen (secondary N) is 1. The van der Waals surface area contributed by atoms with Gasteiger partial charge in [0.15, 0.2) is 0 Å². The molecule has 0 aromatic carbocycles. The average Bonchev–Trinajstić information content (AvgIpc) is 2.63. The van der Waals surface area contributed by atoms with Gasteiger partial charge in [0.1, 0.15) is 11.4 Å². The maximum absolute atomic E-state index is 11.2. The van der Waals surface area contributed by atoms with E-state index in [1.54, 1.807) is 19.2 Å². The van der Waals surface area contributed by atoms with Crippen molar-refractivity contribution in [3.05, 3.63) is 23.4 Å². The molecule has 17 heavy (non-hydrogen) atoms. The fraction of sp³-hybridized carbons (Fsp3) is 0.538. The number of hydrogen-bond acceptors (Lipinski definition) is 3. The largest absolute Gasteiger partial charge is 0.478 e. The predicted molar refractivity (Wildman–Crippen MR) is 66.4 cm³/mol. The van der Waals surface area contributed by atoms with Crippen LogP contribution < -0.4 is 5.32 Å². The second kappa shape index (κ2) is 4.73. The third-order valence-electron chi connectivity index (χ3n) is 3.41. The van der Waals surface area contributed by atoms with Gasteiger partial charge in [-0.2, -0.15) is 0 Å². The lowest BCUT2D eigenvalue weighted by molar-refractivity contribution is 0.0697. The molecule has 1 aromatic rings. The number of carbonyl (C=O) groups is 1. The van der Waals surface area contributed by atoms with E-state index < -0.39 is 5.97 Å². The standard InChI is InChI=1S/C13H18N2O2/c1-8-3-4-10(7-8)15-12-11(13(16)17)9(2)5-6-14-12/h5-6,8,10H,3-4,7H2,1-2H3,(H,14,15)(H,16,17). The molecule has 1 heterocycles. The van der Waals surface area contributed by atoms with Crippen LogP contribution in [-0.2, 0) is 0 Å². The molecule has 4 nitrogen and oxygen atoms in total. The molecule has 0 amide bonds. The monoisotopic (exact) mass is 234 g/mol. The molecule has 1 aliphatic carbocycles. The van der Waals surface area contributed by atoms with Gasteiger partial charge in [-0.1, -0.05) is 6.92 Å². The molecule has 0 saturated heterocycles. The highest BCUT2D eigenvalue weighted by Gasteiger charge is 2.23. The molecular weight excluding hydrogens is 216 g/mol. The first-order chi connectivity index (χ1) is 8.08. The second-order valence-corrected chi connectivity index (χ2v) is 4.92. The summed E-state index contributed by atoms with van der Waals surface area (Å²) in [5.41, 5.74) is 1.05. The molecule has 1 fully saturated rings. The molecule has 2 atom stereocenters. The van der Waals surface area contributed by atoms with Crippen molar-refractivity contribution in [2.45, 2.75) is 39.2 Å². The summed E-state index contributed by atoms with van der Waals surface area (Å²) in [6.07, 6.45) is 5.04. The molecule has 0 aliphatic heterocycles. The molecule has 4 heteroatoms. The van der Waals surface area contributed by atoms with Crippen LogP contribution in [0.2, 0.25) is 0 Å². The normalized spacial score (nSPS) is 23.6. The molecule has 0 spiro atoms. The second-order valence-electron chi connectivity index (χ2n) is 4.92. The number of aromatic carboxylic acids is 1. The molecule has 2 N–H and O–H groups in total. The van der Waals surface area contributed by atoms with E-state index in [0.717, 1.165) is 18.4 Å². The molecule has 1 aromatic heterocycles. The third kappa shape index (κ3) is 2.57. The smallest absolute Gasteiger partial charge is 0.339 e. The highest BCUT2D eigenvalue weighted by Crippen LogP contribution is 2.28. The first-order valence-corrected chi connectivity index (χ1v) is 6.03. The van der Waals surface area contributed by atoms with Crippen LogP contribution in [0.15, 0.2) is 12.3 Å². The number of rotatable bonds is 3. The minimum atomic E-state index is -0.913. The molecule has 1 saturated carbocycles. The molecule has 92 valence electrons. The zero-order valence-electron chi connectivity index (χ0n) is 10.2. The van der Waals surface area contributed by atoms with Crippen LogP contribution in [0, 0.1) is 12.8 Å². The van der Waals surface area contributed by atoms with Gasteiger partial charge < -0.3 is 10.4 Å². The Morgan fingerprint density at radius 2 is 2.29 bits per heavy atom. The number of hydrogen-bond donors (Lipinski definition) is 2. The SMILES string of the molecule is Cc1ccnc(NC2CCC(C)C2)c1C(=O)O. The fourth-order valence-corrected chi connectivity index (χ4v) is 2.47. The number of anilines is 1. The van der Waals surface area contributed by atoms with Crippen molar-refractivity contribution in [2.75, 3.05) is 5.32 Å². The van der Waals surface area contributed by atoms with Crippen LogP contribution in [0.3, 0.4) is 0 Å². The van der Waals surface area contributed by atoms with Crippen LogP contribution >= 0.6 is 0 Å². The number of aromatic nitrogens is 1. The fourth-order valence-electron chi connectivity index (χ4n) is 2.47. The highest BCUT2D eigenvalue weighted by atomic mass is 16.4. The summed E-state index contributed by atoms with van der Waals surface area (Å²) in [6, 6.07) is 2.09. The number of carboxylic acid groups (broad SMARTS) is 1. The van der Waals surface area contributed by atoms with Crippen molar-refractivity contribution < 1.29 is 9.90 Å². The lowest BCUT2D eigenvalue weighted by atomic mass is 10.1. The molecule has 2 rings (SSSR count). The lowest BCUT2D eigenvalue weighted by Crippen LogP contribution is -2.19. The van der Waals surface area contributed by atoms with Crippen LogP contribution in [0.4, 0.5) is 5.82 Å². The lowest BCUT2D eigenvalue weighted by Gasteiger charge is -2.15. The van der Waals surface area contributed by atoms with Gasteiger partial charge in [-0.15, -0.1) is 0 Å². The Balaban J connectivity index is 2.20. The van der Waals surface area contributed by atoms with E-state index in [-0.39, 0.29) is 0 Å². The molecular formula is C13H18N2O2. The van der Waals surface area contributed by atoms with Gasteiger partial charge in [-0.05, 0) is 43.7 Å². The van der Waals surface area contributed by atoms with Crippen molar-refractivity contribution in [2.24, 2.45) is 5.92 Å². The van der Waals surface area contributed by atoms with E-state index in [0.29, 0.717) is 23.3 Å². The van der Waals surface area contributed by atoms with E-state index in [4.69, 9.17) is 0 Å². The van der Waals surface area contributed by atoms with Crippen LogP contribution in [0.25, 0.3) is 0 Å². The number of carboxylic acids is 1. The number of aryl methyl sites for hydroxylation is 1. The van der Waals surface area contributed by atoms with Crippen LogP contribution in [0.1, 0.15) is 42.1 Å². The van der Waals surface area contributed by atoms with Gasteiger partial charge >= 0.3 is 5.97 Å². The van der Waals surface area contributed by atoms with E-state index in [9.17, 15) is 9.90 Å². The summed E-state index contributed by atoms with van der Waals surface area (Å²) in [5.74, 6) is 0.311. The van der Waals surface area contributed by atoms with Crippen LogP contribution in [-0.4, -0.2) is 22.1 Å². The van der Waals surface area contributed by atoms with Gasteiger partial charge in [-0.25, -0.2) is 9.78 Å². The first-order valence-electron chi connectivity index (χ1n) is 6.03. The van der Waals surface area contributed by atoms with E-state index >= 15 is 0 Å². The zero-order chi connectivity index (χ0) is 12.4. The number of nitrogens with zero attached hydrogens (tertiary/aromatic N) is 1. The minimum Gasteiger partial charge on any atom is -0.478 e. The predicted octanol–water partition coefficient (Wildman–Crippen LogP) is 2.69. The van der Waals surface area contributed by atoms with E-state index in [2.05, 4.69) is 17.2 Å². The van der Waals surface area contributed by atoms with Crippen molar-refractivity contribution in [1.82, 2.24) is 4.98 Å². The average molecular weight is 234 g/mol. The van der Waals surface area contributed by atoms with Crippen molar-refractivity contribution in [1.29, 1.82) is 0 Å². The Bertz CT molecular complexity index is 431. The summed E-state index contributed by atoms with van der Waals surface area (Å²) in [6.45, 7) is 4.02. The Kier molecular flexibility index (Phi) is 3.31. The first kappa shape index (κ1) is 11.9. The molecule has 0 bridgehead atoms. The van der Waals surface area contributed by atoms with Gasteiger partial charge in [-0.3, -0.25) is 0 Å². The van der Waals surface area contributed by atoms with Crippen LogP contribution in [0.5, 0.6) is 0 Å². The Hall–Kier alpha value is -1.58. The van der Waals surface area contributed by atoms with Gasteiger partial charge in [0, 0.05) is 12.2 Å². The highest BCUT2D eigenvalue weighted by molar-refractivity contribution is 5.94. The van der Waals surface area contributed by atoms with Crippen molar-refractivity contribution in [3.8, 4) is 0 Å². The zero-order valence-corrected chi connectivity index (χ0v) is 10.2. The van der Waals surface area contributed by atoms with E-state index in [1.807, 2.05) is 0 Å². The third-order valence-corrected chi connectivity index (χ3v) is 3.41. The Morgan fingerprint density at radius 1 is 1.53 bits per heavy atom. The van der Waals surface area contributed by atoms with Gasteiger partial charge in [0.05, 0.1) is 0 Å². The summed E-state index contributed by atoms with van der Waals surface area (Å²) >= 11 is 0. The Morgan fingerprint density at radius 3 is 2.88 bits per heavy atom. The van der Waals surface area contributed by atoms with Gasteiger partial charge in [0.25, 0.3) is 0 Å². The molecule has 0 radical (unpaired) electrons. The van der Waals surface area contributed by atoms with Crippen molar-refractivity contribution in [3.63, 3.8) is 0 Å². The number of pyridine rings is 1. The maximum atomic E-state index is 11.2. The minimum absolute atomic E-state index is 0.298. The summed E-state index contributed by atoms with van der Waals surface area (Å²) in [5, 5.41) is 12.5. The molecule has 1 aliphatic rings. The topological polar surface area (TPSA) is 62.2 Å². The maximum Gasteiger partial charge on any atom is 0.339 e. The quantitative estimate of drug-likeness (QED) is 0.844. The summed E-state index contributed by atoms with van der Waals surface area (Å²) in [7, 11) is 0. The van der Waals surface area contributed by atoms with Gasteiger partial charge in [0.2, 0.25) is 0 Å². The van der Waals surface area contributed by atoms with Crippen molar-refractivity contribution >= 4 is 11.8 Å². The Labute approximate surface area is 101 Å².